The summed E-state index contributed by atoms with van der Waals surface area (Å²) in [4.78, 5) is 26.9. The Morgan fingerprint density at radius 3 is 2.36 bits per heavy atom. The van der Waals surface area contributed by atoms with Gasteiger partial charge in [-0.2, -0.15) is 0 Å². The van der Waals surface area contributed by atoms with E-state index in [0.29, 0.717) is 32.4 Å². The van der Waals surface area contributed by atoms with E-state index in [2.05, 4.69) is 18.7 Å². The molecule has 0 radical (unpaired) electrons. The van der Waals surface area contributed by atoms with Gasteiger partial charge in [0.05, 0.1) is 20.3 Å². The van der Waals surface area contributed by atoms with Crippen LogP contribution in [-0.4, -0.2) is 45.7 Å². The third-order valence-corrected chi connectivity index (χ3v) is 11.4. The number of hydrogen-bond donors (Lipinski definition) is 0. The molecule has 0 saturated carbocycles. The van der Waals surface area contributed by atoms with Crippen molar-refractivity contribution in [2.45, 2.75) is 50.9 Å². The number of benzene rings is 2. The van der Waals surface area contributed by atoms with Crippen LogP contribution < -0.4 is 15.0 Å². The van der Waals surface area contributed by atoms with Gasteiger partial charge in [0.1, 0.15) is 17.6 Å². The zero-order valence-corrected chi connectivity index (χ0v) is 20.2. The molecule has 2 saturated heterocycles. The monoisotopic (exact) mass is 472 g/mol. The maximum atomic E-state index is 15.1. The number of nitrogens with zero attached hydrogens (tertiary/aromatic N) is 2. The zero-order valence-electron chi connectivity index (χ0n) is 19.2. The molecule has 1 amide bonds. The molecule has 8 heteroatoms. The van der Waals surface area contributed by atoms with Crippen molar-refractivity contribution in [3.8, 4) is 0 Å². The quantitative estimate of drug-likeness (QED) is 0.541. The second-order valence-corrected chi connectivity index (χ2v) is 13.9. The smallest absolute Gasteiger partial charge is 0.414 e. The first-order valence-electron chi connectivity index (χ1n) is 11.6. The second-order valence-electron chi connectivity index (χ2n) is 9.22. The van der Waals surface area contributed by atoms with E-state index in [0.717, 1.165) is 12.1 Å². The first-order valence-corrected chi connectivity index (χ1v) is 14.5. The van der Waals surface area contributed by atoms with Crippen LogP contribution in [0.25, 0.3) is 0 Å². The van der Waals surface area contributed by atoms with E-state index in [4.69, 9.17) is 4.74 Å². The van der Waals surface area contributed by atoms with Crippen molar-refractivity contribution < 1.29 is 23.1 Å². The highest BCUT2D eigenvalue weighted by atomic mass is 28.3. The third-order valence-electron chi connectivity index (χ3n) is 6.98. The molecular weight excluding hydrogens is 442 g/mol. The molecule has 2 aliphatic heterocycles. The van der Waals surface area contributed by atoms with Gasteiger partial charge in [-0.15, -0.1) is 0 Å². The lowest BCUT2D eigenvalue weighted by molar-refractivity contribution is -0.119. The number of carbonyl (C=O) groups excluding carboxylic acids is 2. The maximum Gasteiger partial charge on any atom is 0.414 e. The molecule has 0 bridgehead atoms. The van der Waals surface area contributed by atoms with Gasteiger partial charge in [-0.1, -0.05) is 49.0 Å². The van der Waals surface area contributed by atoms with E-state index in [9.17, 15) is 9.59 Å². The van der Waals surface area contributed by atoms with Crippen LogP contribution in [0.2, 0.25) is 18.6 Å². The molecular formula is C25H30F2N2O3Si. The van der Waals surface area contributed by atoms with Gasteiger partial charge in [-0.3, -0.25) is 9.69 Å². The minimum Gasteiger partial charge on any atom is -0.444 e. The number of hydrogen-bond acceptors (Lipinski definition) is 4. The largest absolute Gasteiger partial charge is 0.444 e. The lowest BCUT2D eigenvalue weighted by Gasteiger charge is -2.39. The lowest BCUT2D eigenvalue weighted by Crippen LogP contribution is -2.53. The summed E-state index contributed by atoms with van der Waals surface area (Å²) in [5.74, 6) is -1.25. The van der Waals surface area contributed by atoms with Gasteiger partial charge >= 0.3 is 6.09 Å². The summed E-state index contributed by atoms with van der Waals surface area (Å²) < 4.78 is 35.5. The topological polar surface area (TPSA) is 49.9 Å². The highest BCUT2D eigenvalue weighted by Crippen LogP contribution is 2.34. The Hall–Kier alpha value is -2.74. The van der Waals surface area contributed by atoms with Crippen LogP contribution in [0, 0.1) is 11.6 Å². The number of rotatable bonds is 7. The van der Waals surface area contributed by atoms with E-state index < -0.39 is 31.9 Å². The minimum atomic E-state index is -1.67. The van der Waals surface area contributed by atoms with E-state index in [-0.39, 0.29) is 23.7 Å². The minimum absolute atomic E-state index is 0.0273. The normalized spacial score (nSPS) is 20.1. The molecule has 5 nitrogen and oxygen atoms in total. The fourth-order valence-electron chi connectivity index (χ4n) is 4.74. The molecule has 2 heterocycles. The number of anilines is 2. The molecule has 2 fully saturated rings. The standard InChI is InChI=1S/C25H30F2N2O3Si/c1-3-19(30)9-10-20-17-29(25(31)32-20)18-15-22(26)24(23(27)16-18)28-11-13-33(2,14-12-28)21-7-5-4-6-8-21/h4-8,15-16,20H,3,9-14,17H2,1-2H3/t20-/m0/s1. The fraction of sp³-hybridized carbons (Fsp3) is 0.440. The molecule has 176 valence electrons. The molecule has 2 aromatic rings. The molecule has 0 aliphatic carbocycles. The van der Waals surface area contributed by atoms with E-state index in [1.807, 2.05) is 18.2 Å². The molecule has 0 spiro atoms. The number of halogens is 2. The van der Waals surface area contributed by atoms with Gasteiger partial charge < -0.3 is 9.64 Å². The Kier molecular flexibility index (Phi) is 6.83. The van der Waals surface area contributed by atoms with Gasteiger partial charge in [0.15, 0.2) is 11.6 Å². The Bertz CT molecular complexity index is 1000. The lowest BCUT2D eigenvalue weighted by atomic mass is 10.1. The molecule has 1 atom stereocenters. The van der Waals surface area contributed by atoms with E-state index >= 15 is 8.78 Å². The average molecular weight is 473 g/mol. The van der Waals surface area contributed by atoms with Crippen molar-refractivity contribution in [1.29, 1.82) is 0 Å². The van der Waals surface area contributed by atoms with Crippen LogP contribution in [0.4, 0.5) is 25.0 Å². The van der Waals surface area contributed by atoms with E-state index in [1.165, 1.54) is 22.2 Å². The summed E-state index contributed by atoms with van der Waals surface area (Å²) in [5, 5.41) is 1.38. The predicted molar refractivity (Wildman–Crippen MR) is 128 cm³/mol. The third kappa shape index (κ3) is 4.95. The van der Waals surface area contributed by atoms with Crippen molar-refractivity contribution >= 4 is 36.5 Å². The molecule has 0 N–H and O–H groups in total. The highest BCUT2D eigenvalue weighted by Gasteiger charge is 2.37. The van der Waals surface area contributed by atoms with Gasteiger partial charge in [0.2, 0.25) is 0 Å². The molecule has 4 rings (SSSR count). The summed E-state index contributed by atoms with van der Waals surface area (Å²) in [6, 6.07) is 14.7. The van der Waals surface area contributed by atoms with Crippen molar-refractivity contribution in [2.75, 3.05) is 29.4 Å². The van der Waals surface area contributed by atoms with Gasteiger partial charge in [0, 0.05) is 38.1 Å². The predicted octanol–water partition coefficient (Wildman–Crippen LogP) is 4.86. The fourth-order valence-corrected chi connectivity index (χ4v) is 8.10. The summed E-state index contributed by atoms with van der Waals surface area (Å²) in [5.41, 5.74) is 0.115. The summed E-state index contributed by atoms with van der Waals surface area (Å²) in [6.07, 6.45) is 0.0747. The number of amides is 1. The van der Waals surface area contributed by atoms with E-state index in [1.54, 1.807) is 11.8 Å². The van der Waals surface area contributed by atoms with Gasteiger partial charge in [-0.25, -0.2) is 13.6 Å². The number of carbonyl (C=O) groups is 2. The van der Waals surface area contributed by atoms with Crippen LogP contribution in [0.5, 0.6) is 0 Å². The Balaban J connectivity index is 1.45. The summed E-state index contributed by atoms with van der Waals surface area (Å²) in [7, 11) is -1.67. The van der Waals surface area contributed by atoms with Crippen LogP contribution in [0.3, 0.4) is 0 Å². The van der Waals surface area contributed by atoms with Crippen molar-refractivity contribution in [2.24, 2.45) is 0 Å². The number of ketones is 1. The Morgan fingerprint density at radius 1 is 1.12 bits per heavy atom. The average Bonchev–Trinajstić information content (AvgIpc) is 3.19. The SMILES string of the molecule is CCC(=O)CC[C@H]1CN(c2cc(F)c(N3CC[Si](C)(c4ccccc4)CC3)c(F)c2)C(=O)O1. The van der Waals surface area contributed by atoms with Crippen LogP contribution in [-0.2, 0) is 9.53 Å². The molecule has 33 heavy (non-hydrogen) atoms. The van der Waals surface area contributed by atoms with Crippen molar-refractivity contribution in [1.82, 2.24) is 0 Å². The first-order chi connectivity index (χ1) is 15.8. The molecule has 2 aromatic carbocycles. The van der Waals surface area contributed by atoms with Crippen LogP contribution in [0.15, 0.2) is 42.5 Å². The van der Waals surface area contributed by atoms with Crippen LogP contribution in [0.1, 0.15) is 26.2 Å². The summed E-state index contributed by atoms with van der Waals surface area (Å²) in [6.45, 7) is 5.50. The first kappa shape index (κ1) is 23.4. The second kappa shape index (κ2) is 9.63. The Labute approximate surface area is 194 Å². The number of Topliss-reactive ketones (excluding diaryl/α,β-unsaturated/α-hetero) is 1. The molecule has 0 unspecified atom stereocenters. The van der Waals surface area contributed by atoms with Gasteiger partial charge in [-0.05, 0) is 18.5 Å². The highest BCUT2D eigenvalue weighted by molar-refractivity contribution is 6.91. The maximum absolute atomic E-state index is 15.1. The van der Waals surface area contributed by atoms with Gasteiger partial charge in [0.25, 0.3) is 0 Å². The van der Waals surface area contributed by atoms with Crippen molar-refractivity contribution in [3.63, 3.8) is 0 Å². The number of cyclic esters (lactones) is 1. The molecule has 0 aromatic heterocycles. The number of ether oxygens (including phenoxy) is 1. The zero-order chi connectivity index (χ0) is 23.6. The van der Waals surface area contributed by atoms with Crippen molar-refractivity contribution in [3.05, 3.63) is 54.1 Å². The molecule has 2 aliphatic rings. The Morgan fingerprint density at radius 2 is 1.76 bits per heavy atom. The van der Waals surface area contributed by atoms with Crippen LogP contribution >= 0.6 is 0 Å². The summed E-state index contributed by atoms with van der Waals surface area (Å²) >= 11 is 0.